The maximum atomic E-state index is 12.8. The number of nitrogens with two attached hydrogens (primary N) is 1. The third kappa shape index (κ3) is 6.95. The molecule has 3 rings (SSSR count). The first-order chi connectivity index (χ1) is 14.9. The lowest BCUT2D eigenvalue weighted by molar-refractivity contribution is -0.129. The minimum Gasteiger partial charge on any atom is -0.370 e. The van der Waals surface area contributed by atoms with E-state index in [0.29, 0.717) is 21.0 Å². The molecule has 1 heterocycles. The average molecular weight is 476 g/mol. The predicted octanol–water partition coefficient (Wildman–Crippen LogP) is 4.24. The van der Waals surface area contributed by atoms with E-state index in [1.807, 2.05) is 55.5 Å². The van der Waals surface area contributed by atoms with Gasteiger partial charge in [0.1, 0.15) is 0 Å². The van der Waals surface area contributed by atoms with Crippen LogP contribution in [0.1, 0.15) is 17.5 Å². The highest BCUT2D eigenvalue weighted by atomic mass is 35.5. The number of thioether (sulfide) groups is 1. The Labute approximate surface area is 194 Å². The molecule has 0 aliphatic heterocycles. The van der Waals surface area contributed by atoms with Crippen molar-refractivity contribution in [2.75, 3.05) is 17.6 Å². The SMILES string of the molecule is Cc1c(Cl)cccc1Nc1nnc(SCC(=O)N(CCC(N)=O)Cc2ccccc2)s1. The second-order valence-corrected chi connectivity index (χ2v) is 9.32. The predicted molar refractivity (Wildman–Crippen MR) is 126 cm³/mol. The molecule has 0 aliphatic rings. The van der Waals surface area contributed by atoms with Crippen molar-refractivity contribution in [1.29, 1.82) is 0 Å². The fourth-order valence-corrected chi connectivity index (χ4v) is 4.57. The number of rotatable bonds is 10. The fourth-order valence-electron chi connectivity index (χ4n) is 2.73. The zero-order valence-corrected chi connectivity index (χ0v) is 19.3. The van der Waals surface area contributed by atoms with E-state index in [-0.39, 0.29) is 24.6 Å². The van der Waals surface area contributed by atoms with Crippen LogP contribution in [0.15, 0.2) is 52.9 Å². The number of benzene rings is 2. The zero-order chi connectivity index (χ0) is 22.2. The van der Waals surface area contributed by atoms with Crippen LogP contribution in [-0.2, 0) is 16.1 Å². The van der Waals surface area contributed by atoms with Crippen molar-refractivity contribution in [3.63, 3.8) is 0 Å². The Kier molecular flexibility index (Phi) is 8.27. The molecule has 7 nitrogen and oxygen atoms in total. The maximum absolute atomic E-state index is 12.8. The molecule has 0 saturated heterocycles. The fraction of sp³-hybridized carbons (Fsp3) is 0.238. The number of carbonyl (C=O) groups excluding carboxylic acids is 2. The van der Waals surface area contributed by atoms with Crippen LogP contribution in [0.4, 0.5) is 10.8 Å². The number of halogens is 1. The number of hydrogen-bond donors (Lipinski definition) is 2. The molecule has 0 saturated carbocycles. The van der Waals surface area contributed by atoms with E-state index in [0.717, 1.165) is 16.8 Å². The van der Waals surface area contributed by atoms with E-state index in [2.05, 4.69) is 15.5 Å². The summed E-state index contributed by atoms with van der Waals surface area (Å²) in [5.74, 6) is -0.337. The normalized spacial score (nSPS) is 10.6. The van der Waals surface area contributed by atoms with E-state index in [4.69, 9.17) is 17.3 Å². The van der Waals surface area contributed by atoms with E-state index >= 15 is 0 Å². The quantitative estimate of drug-likeness (QED) is 0.425. The maximum Gasteiger partial charge on any atom is 0.233 e. The van der Waals surface area contributed by atoms with Gasteiger partial charge in [0.05, 0.1) is 5.75 Å². The molecule has 1 aromatic heterocycles. The Bertz CT molecular complexity index is 1050. The molecule has 0 radical (unpaired) electrons. The molecule has 10 heteroatoms. The van der Waals surface area contributed by atoms with Gasteiger partial charge in [-0.1, -0.05) is 71.1 Å². The summed E-state index contributed by atoms with van der Waals surface area (Å²) in [5, 5.41) is 12.8. The molecular formula is C21H22ClN5O2S2. The molecule has 0 fully saturated rings. The van der Waals surface area contributed by atoms with E-state index < -0.39 is 5.91 Å². The summed E-state index contributed by atoms with van der Waals surface area (Å²) in [4.78, 5) is 25.6. The molecule has 0 spiro atoms. The highest BCUT2D eigenvalue weighted by molar-refractivity contribution is 8.01. The number of aromatic nitrogens is 2. The van der Waals surface area contributed by atoms with Gasteiger partial charge >= 0.3 is 0 Å². The first kappa shape index (κ1) is 23.1. The van der Waals surface area contributed by atoms with Gasteiger partial charge in [0.25, 0.3) is 0 Å². The van der Waals surface area contributed by atoms with Crippen LogP contribution in [0.3, 0.4) is 0 Å². The topological polar surface area (TPSA) is 101 Å². The summed E-state index contributed by atoms with van der Waals surface area (Å²) >= 11 is 8.83. The van der Waals surface area contributed by atoms with Crippen LogP contribution in [0.25, 0.3) is 0 Å². The molecule has 0 unspecified atom stereocenters. The lowest BCUT2D eigenvalue weighted by Gasteiger charge is -2.22. The largest absolute Gasteiger partial charge is 0.370 e. The number of primary amides is 1. The Morgan fingerprint density at radius 1 is 1.16 bits per heavy atom. The second kappa shape index (κ2) is 11.1. The van der Waals surface area contributed by atoms with Gasteiger partial charge in [-0.3, -0.25) is 9.59 Å². The van der Waals surface area contributed by atoms with Crippen LogP contribution in [0.2, 0.25) is 5.02 Å². The first-order valence-corrected chi connectivity index (χ1v) is 11.7. The van der Waals surface area contributed by atoms with Gasteiger partial charge in [-0.25, -0.2) is 0 Å². The number of nitrogens with one attached hydrogen (secondary N) is 1. The molecule has 162 valence electrons. The van der Waals surface area contributed by atoms with E-state index in [1.54, 1.807) is 4.90 Å². The summed E-state index contributed by atoms with van der Waals surface area (Å²) < 4.78 is 0.671. The average Bonchev–Trinajstić information content (AvgIpc) is 3.20. The van der Waals surface area contributed by atoms with Crippen LogP contribution in [0.5, 0.6) is 0 Å². The highest BCUT2D eigenvalue weighted by Crippen LogP contribution is 2.30. The summed E-state index contributed by atoms with van der Waals surface area (Å²) in [6.45, 7) is 2.62. The third-order valence-corrected chi connectivity index (χ3v) is 6.80. The number of nitrogens with zero attached hydrogens (tertiary/aromatic N) is 3. The number of anilines is 2. The van der Waals surface area contributed by atoms with E-state index in [1.165, 1.54) is 23.1 Å². The van der Waals surface area contributed by atoms with Gasteiger partial charge < -0.3 is 16.0 Å². The second-order valence-electron chi connectivity index (χ2n) is 6.72. The Hall–Kier alpha value is -2.62. The smallest absolute Gasteiger partial charge is 0.233 e. The molecule has 0 aliphatic carbocycles. The number of hydrogen-bond acceptors (Lipinski definition) is 7. The van der Waals surface area contributed by atoms with Crippen LogP contribution in [-0.4, -0.2) is 39.2 Å². The Morgan fingerprint density at radius 3 is 2.68 bits per heavy atom. The Morgan fingerprint density at radius 2 is 1.94 bits per heavy atom. The van der Waals surface area contributed by atoms with Crippen molar-refractivity contribution < 1.29 is 9.59 Å². The first-order valence-electron chi connectivity index (χ1n) is 9.51. The van der Waals surface area contributed by atoms with Gasteiger partial charge in [0, 0.05) is 30.2 Å². The Balaban J connectivity index is 1.59. The summed E-state index contributed by atoms with van der Waals surface area (Å²) in [5.41, 5.74) is 8.05. The minimum absolute atomic E-state index is 0.0921. The van der Waals surface area contributed by atoms with Crippen LogP contribution in [0, 0.1) is 6.92 Å². The minimum atomic E-state index is -0.435. The molecule has 3 aromatic rings. The van der Waals surface area contributed by atoms with Gasteiger partial charge in [-0.2, -0.15) is 0 Å². The summed E-state index contributed by atoms with van der Waals surface area (Å²) in [7, 11) is 0. The van der Waals surface area contributed by atoms with Gasteiger partial charge in [0.15, 0.2) is 4.34 Å². The van der Waals surface area contributed by atoms with Crippen LogP contribution >= 0.6 is 34.7 Å². The van der Waals surface area contributed by atoms with Crippen molar-refractivity contribution in [1.82, 2.24) is 15.1 Å². The monoisotopic (exact) mass is 475 g/mol. The number of carbonyl (C=O) groups is 2. The van der Waals surface area contributed by atoms with Crippen molar-refractivity contribution in [2.24, 2.45) is 5.73 Å². The van der Waals surface area contributed by atoms with Crippen molar-refractivity contribution in [2.45, 2.75) is 24.2 Å². The molecule has 0 bridgehead atoms. The molecular weight excluding hydrogens is 454 g/mol. The van der Waals surface area contributed by atoms with Crippen molar-refractivity contribution >= 4 is 57.3 Å². The van der Waals surface area contributed by atoms with Crippen LogP contribution < -0.4 is 11.1 Å². The lowest BCUT2D eigenvalue weighted by Crippen LogP contribution is -2.34. The zero-order valence-electron chi connectivity index (χ0n) is 16.9. The van der Waals surface area contributed by atoms with Gasteiger partial charge in [0.2, 0.25) is 16.9 Å². The summed E-state index contributed by atoms with van der Waals surface area (Å²) in [6, 6.07) is 15.2. The van der Waals surface area contributed by atoms with Gasteiger partial charge in [-0.05, 0) is 30.2 Å². The third-order valence-electron chi connectivity index (χ3n) is 4.43. The molecule has 0 atom stereocenters. The highest BCUT2D eigenvalue weighted by Gasteiger charge is 2.17. The molecule has 2 aromatic carbocycles. The molecule has 2 amide bonds. The standard InChI is InChI=1S/C21H22ClN5O2S2/c1-14-16(22)8-5-9-17(14)24-20-25-26-21(31-20)30-13-19(29)27(11-10-18(23)28)12-15-6-3-2-4-7-15/h2-9H,10-13H2,1H3,(H2,23,28)(H,24,25). The molecule has 3 N–H and O–H groups in total. The summed E-state index contributed by atoms with van der Waals surface area (Å²) in [6.07, 6.45) is 0.120. The van der Waals surface area contributed by atoms with E-state index in [9.17, 15) is 9.59 Å². The van der Waals surface area contributed by atoms with Crippen molar-refractivity contribution in [3.8, 4) is 0 Å². The van der Waals surface area contributed by atoms with Gasteiger partial charge in [-0.15, -0.1) is 10.2 Å². The lowest BCUT2D eigenvalue weighted by atomic mass is 10.2. The van der Waals surface area contributed by atoms with Crippen molar-refractivity contribution in [3.05, 3.63) is 64.7 Å². The number of amides is 2. The molecule has 31 heavy (non-hydrogen) atoms.